The predicted molar refractivity (Wildman–Crippen MR) is 87.6 cm³/mol. The first kappa shape index (κ1) is 16.7. The Kier molecular flexibility index (Phi) is 4.43. The molecular formula is C17H22N4O3. The zero-order valence-electron chi connectivity index (χ0n) is 13.8. The molecule has 128 valence electrons. The first-order chi connectivity index (χ1) is 11.5. The molecule has 2 fully saturated rings. The molecule has 3 rings (SSSR count). The molecule has 0 bridgehead atoms. The fourth-order valence-electron chi connectivity index (χ4n) is 3.85. The van der Waals surface area contributed by atoms with Gasteiger partial charge in [-0.05, 0) is 38.8 Å². The molecule has 3 N–H and O–H groups in total. The van der Waals surface area contributed by atoms with E-state index in [1.165, 1.54) is 6.07 Å². The lowest BCUT2D eigenvalue weighted by Gasteiger charge is -2.48. The van der Waals surface area contributed by atoms with Crippen molar-refractivity contribution in [1.29, 1.82) is 5.26 Å². The lowest BCUT2D eigenvalue weighted by atomic mass is 9.72. The maximum absolute atomic E-state index is 12.9. The molecule has 1 aromatic heterocycles. The minimum atomic E-state index is -0.478. The van der Waals surface area contributed by atoms with Crippen molar-refractivity contribution in [3.8, 4) is 6.07 Å². The Bertz CT molecular complexity index is 747. The van der Waals surface area contributed by atoms with Gasteiger partial charge < -0.3 is 20.3 Å². The van der Waals surface area contributed by atoms with Crippen molar-refractivity contribution < 1.29 is 9.90 Å². The molecule has 0 unspecified atom stereocenters. The van der Waals surface area contributed by atoms with E-state index in [0.717, 1.165) is 19.4 Å². The second-order valence-electron chi connectivity index (χ2n) is 6.84. The molecule has 2 aliphatic rings. The molecule has 2 atom stereocenters. The molecule has 1 aromatic rings. The Hall–Kier alpha value is -2.17. The topological polar surface area (TPSA) is 109 Å². The van der Waals surface area contributed by atoms with Crippen molar-refractivity contribution in [1.82, 2.24) is 15.2 Å². The molecule has 0 saturated carbocycles. The molecule has 24 heavy (non-hydrogen) atoms. The van der Waals surface area contributed by atoms with Gasteiger partial charge in [0.25, 0.3) is 11.5 Å². The van der Waals surface area contributed by atoms with Gasteiger partial charge >= 0.3 is 0 Å². The fourth-order valence-corrected chi connectivity index (χ4v) is 3.85. The largest absolute Gasteiger partial charge is 0.392 e. The van der Waals surface area contributed by atoms with Crippen molar-refractivity contribution in [2.24, 2.45) is 5.41 Å². The van der Waals surface area contributed by atoms with E-state index in [-0.39, 0.29) is 16.9 Å². The van der Waals surface area contributed by atoms with Crippen molar-refractivity contribution >= 4 is 5.91 Å². The molecule has 0 aromatic carbocycles. The Morgan fingerprint density at radius 3 is 3.04 bits per heavy atom. The second-order valence-corrected chi connectivity index (χ2v) is 6.84. The number of nitriles is 1. The summed E-state index contributed by atoms with van der Waals surface area (Å²) < 4.78 is 0. The Balaban J connectivity index is 1.88. The lowest BCUT2D eigenvalue weighted by molar-refractivity contribution is -0.0433. The van der Waals surface area contributed by atoms with Gasteiger partial charge in [0.15, 0.2) is 0 Å². The number of aliphatic hydroxyl groups excluding tert-OH is 1. The van der Waals surface area contributed by atoms with E-state index in [1.54, 1.807) is 11.8 Å². The van der Waals surface area contributed by atoms with Crippen LogP contribution in [0, 0.1) is 23.7 Å². The van der Waals surface area contributed by atoms with Crippen LogP contribution in [0.2, 0.25) is 0 Å². The standard InChI is InChI=1S/C17H22N4O3/c1-11-13(7-12(8-18)15(23)20-11)16(24)21-6-2-4-17(10-21)9-19-5-3-14(17)22/h7,14,19,22H,2-6,9-10H2,1H3,(H,20,23)/t14-,17-/m0/s1. The van der Waals surface area contributed by atoms with Crippen LogP contribution in [0.1, 0.15) is 40.9 Å². The van der Waals surface area contributed by atoms with Crippen molar-refractivity contribution in [2.45, 2.75) is 32.3 Å². The van der Waals surface area contributed by atoms with E-state index in [1.807, 2.05) is 6.07 Å². The third-order valence-electron chi connectivity index (χ3n) is 5.26. The van der Waals surface area contributed by atoms with Crippen LogP contribution in [0.15, 0.2) is 10.9 Å². The molecule has 7 nitrogen and oxygen atoms in total. The van der Waals surface area contributed by atoms with Gasteiger partial charge in [0.2, 0.25) is 0 Å². The second kappa shape index (κ2) is 6.38. The maximum Gasteiger partial charge on any atom is 0.266 e. The average molecular weight is 330 g/mol. The molecular weight excluding hydrogens is 308 g/mol. The highest BCUT2D eigenvalue weighted by Crippen LogP contribution is 2.36. The van der Waals surface area contributed by atoms with Gasteiger partial charge in [0.05, 0.1) is 11.7 Å². The van der Waals surface area contributed by atoms with E-state index >= 15 is 0 Å². The van der Waals surface area contributed by atoms with E-state index in [0.29, 0.717) is 37.3 Å². The minimum absolute atomic E-state index is 0.0601. The van der Waals surface area contributed by atoms with Crippen molar-refractivity contribution in [2.75, 3.05) is 26.2 Å². The van der Waals surface area contributed by atoms with Crippen LogP contribution in [-0.2, 0) is 0 Å². The highest BCUT2D eigenvalue weighted by Gasteiger charge is 2.44. The fraction of sp³-hybridized carbons (Fsp3) is 0.588. The number of hydrogen-bond donors (Lipinski definition) is 3. The van der Waals surface area contributed by atoms with E-state index in [2.05, 4.69) is 10.3 Å². The first-order valence-corrected chi connectivity index (χ1v) is 8.29. The summed E-state index contributed by atoms with van der Waals surface area (Å²) in [6.45, 7) is 4.26. The van der Waals surface area contributed by atoms with E-state index in [9.17, 15) is 14.7 Å². The number of carbonyl (C=O) groups is 1. The van der Waals surface area contributed by atoms with Crippen LogP contribution in [0.25, 0.3) is 0 Å². The molecule has 1 spiro atoms. The quantitative estimate of drug-likeness (QED) is 0.678. The number of H-pyrrole nitrogens is 1. The summed E-state index contributed by atoms with van der Waals surface area (Å²) in [7, 11) is 0. The number of hydrogen-bond acceptors (Lipinski definition) is 5. The molecule has 7 heteroatoms. The lowest BCUT2D eigenvalue weighted by Crippen LogP contribution is -2.59. The molecule has 2 saturated heterocycles. The summed E-state index contributed by atoms with van der Waals surface area (Å²) in [4.78, 5) is 28.9. The summed E-state index contributed by atoms with van der Waals surface area (Å²) in [5.74, 6) is -0.197. The number of nitrogens with zero attached hydrogens (tertiary/aromatic N) is 2. The zero-order chi connectivity index (χ0) is 17.3. The average Bonchev–Trinajstić information content (AvgIpc) is 2.57. The number of carbonyl (C=O) groups excluding carboxylic acids is 1. The summed E-state index contributed by atoms with van der Waals surface area (Å²) in [6.07, 6.45) is 2.00. The van der Waals surface area contributed by atoms with Crippen LogP contribution < -0.4 is 10.9 Å². The Morgan fingerprint density at radius 2 is 2.33 bits per heavy atom. The number of nitrogens with one attached hydrogen (secondary N) is 2. The van der Waals surface area contributed by atoms with Crippen molar-refractivity contribution in [3.05, 3.63) is 33.2 Å². The van der Waals surface area contributed by atoms with Gasteiger partial charge in [-0.15, -0.1) is 0 Å². The highest BCUT2D eigenvalue weighted by molar-refractivity contribution is 5.95. The van der Waals surface area contributed by atoms with Gasteiger partial charge in [-0.25, -0.2) is 0 Å². The number of aromatic amines is 1. The number of aromatic nitrogens is 1. The third-order valence-corrected chi connectivity index (χ3v) is 5.26. The van der Waals surface area contributed by atoms with Gasteiger partial charge in [-0.1, -0.05) is 0 Å². The van der Waals surface area contributed by atoms with Crippen LogP contribution in [0.3, 0.4) is 0 Å². The third kappa shape index (κ3) is 2.83. The maximum atomic E-state index is 12.9. The van der Waals surface area contributed by atoms with Crippen LogP contribution in [0.5, 0.6) is 0 Å². The number of likely N-dealkylation sites (tertiary alicyclic amines) is 1. The zero-order valence-corrected chi connectivity index (χ0v) is 13.8. The SMILES string of the molecule is Cc1[nH]c(=O)c(C#N)cc1C(=O)N1CCC[C@]2(CNCC[C@@H]2O)C1. The smallest absolute Gasteiger partial charge is 0.266 e. The summed E-state index contributed by atoms with van der Waals surface area (Å²) in [5.41, 5.74) is -0.0312. The van der Waals surface area contributed by atoms with Crippen LogP contribution in [0.4, 0.5) is 0 Å². The number of aliphatic hydroxyl groups is 1. The van der Waals surface area contributed by atoms with Gasteiger partial charge in [0, 0.05) is 30.7 Å². The van der Waals surface area contributed by atoms with E-state index in [4.69, 9.17) is 5.26 Å². The molecule has 0 aliphatic carbocycles. The van der Waals surface area contributed by atoms with Gasteiger partial charge in [-0.2, -0.15) is 5.26 Å². The number of amides is 1. The number of rotatable bonds is 1. The monoisotopic (exact) mass is 330 g/mol. The molecule has 3 heterocycles. The van der Waals surface area contributed by atoms with Crippen molar-refractivity contribution in [3.63, 3.8) is 0 Å². The summed E-state index contributed by atoms with van der Waals surface area (Å²) in [6, 6.07) is 3.19. The highest BCUT2D eigenvalue weighted by atomic mass is 16.3. The van der Waals surface area contributed by atoms with Crippen LogP contribution >= 0.6 is 0 Å². The first-order valence-electron chi connectivity index (χ1n) is 8.29. The Morgan fingerprint density at radius 1 is 1.54 bits per heavy atom. The number of aryl methyl sites for hydroxylation is 1. The van der Waals surface area contributed by atoms with Crippen LogP contribution in [-0.4, -0.2) is 53.2 Å². The molecule has 1 amide bonds. The number of piperidine rings is 2. The van der Waals surface area contributed by atoms with Gasteiger partial charge in [0.1, 0.15) is 11.6 Å². The Labute approximate surface area is 140 Å². The summed E-state index contributed by atoms with van der Waals surface area (Å²) >= 11 is 0. The molecule has 2 aliphatic heterocycles. The normalized spacial score (nSPS) is 27.0. The van der Waals surface area contributed by atoms with Gasteiger partial charge in [-0.3, -0.25) is 9.59 Å². The number of pyridine rings is 1. The van der Waals surface area contributed by atoms with E-state index < -0.39 is 11.7 Å². The minimum Gasteiger partial charge on any atom is -0.392 e. The predicted octanol–water partition coefficient (Wildman–Crippen LogP) is 0.132. The molecule has 0 radical (unpaired) electrons. The summed E-state index contributed by atoms with van der Waals surface area (Å²) in [5, 5.41) is 22.8.